The molecule has 23 nitrogen and oxygen atoms in total. The maximum absolute atomic E-state index is 15.0. The molecular weight excluding hydrogens is 1320 g/mol. The number of ketones is 5. The van der Waals surface area contributed by atoms with Gasteiger partial charge in [0.15, 0.2) is 29.2 Å². The number of amides is 7. The highest BCUT2D eigenvalue weighted by molar-refractivity contribution is 7.09. The molecule has 0 spiro atoms. The standard InChI is InChI=1S/C78H110N8O15S/c1-14-50(8)69(64(98-12)45-66(91)86-38-24-30-60(86)72(99-13)51(9)61(87)43-55(75-80-37-40-102-75)41-52-25-17-15-18-26-52)84(10)76(95)59(47(2)3)44-63(89)68(49(6)7)85(11)78(97)101-46-53-32-34-56(35-33-53)82-74(94)54(27-23-36-81-77(79)96)42-62(88)67(48(4)5)83-65(90)31-19-16-22-39-100-73-70(92)57-28-20-21-29-58(57)71(73)93/h15,17-18,20-21,25-26,28-29,32-35,37,40,47-51,54-55,59-60,64,67-69,72-73H,14,16,19,22-24,27,30-31,36,38-39,41-46H2,1-13H3,(H,82,94)(H,83,90)(H3,79,81,96)/t50-,51-,54+,55+,59-,60-,64+,67-,68-,69-,72?/m0/s1. The molecule has 3 aromatic carbocycles. The van der Waals surface area contributed by atoms with E-state index in [2.05, 4.69) is 33.1 Å². The number of thiazole rings is 1. The number of anilines is 1. The van der Waals surface area contributed by atoms with Crippen LogP contribution >= 0.6 is 11.3 Å². The number of nitrogens with zero attached hydrogens (tertiary/aromatic N) is 4. The van der Waals surface area contributed by atoms with Crippen LogP contribution in [0.15, 0.2) is 90.4 Å². The number of primary amides is 1. The second-order valence-corrected chi connectivity index (χ2v) is 29.4. The van der Waals surface area contributed by atoms with Gasteiger partial charge in [-0.25, -0.2) is 14.6 Å². The highest BCUT2D eigenvalue weighted by Gasteiger charge is 2.45. The van der Waals surface area contributed by atoms with Crippen molar-refractivity contribution in [1.29, 1.82) is 0 Å². The van der Waals surface area contributed by atoms with Crippen LogP contribution in [0.3, 0.4) is 0 Å². The molecular formula is C78H110N8O15S. The van der Waals surface area contributed by atoms with Crippen molar-refractivity contribution in [3.05, 3.63) is 118 Å². The first-order chi connectivity index (χ1) is 48.6. The summed E-state index contributed by atoms with van der Waals surface area (Å²) in [7, 11) is 6.32. The van der Waals surface area contributed by atoms with Crippen LogP contribution in [0.2, 0.25) is 0 Å². The summed E-state index contributed by atoms with van der Waals surface area (Å²) in [5.74, 6) is -6.07. The molecule has 1 aromatic heterocycles. The molecule has 4 aromatic rings. The second kappa shape index (κ2) is 40.7. The summed E-state index contributed by atoms with van der Waals surface area (Å²) in [6.07, 6.45) is 3.22. The number of likely N-dealkylation sites (tertiary alicyclic amines) is 1. The maximum atomic E-state index is 15.0. The quantitative estimate of drug-likeness (QED) is 0.0236. The van der Waals surface area contributed by atoms with Crippen molar-refractivity contribution in [2.45, 2.75) is 207 Å². The number of Topliss-reactive ketones (excluding diaryl/α,β-unsaturated/α-hetero) is 5. The number of fused-ring (bicyclic) bond motifs is 1. The smallest absolute Gasteiger partial charge is 0.410 e. The first-order valence-electron chi connectivity index (χ1n) is 36.2. The Morgan fingerprint density at radius 1 is 0.725 bits per heavy atom. The van der Waals surface area contributed by atoms with Crippen LogP contribution in [-0.4, -0.2) is 175 Å². The van der Waals surface area contributed by atoms with E-state index in [1.165, 1.54) is 30.4 Å². The molecule has 1 saturated heterocycles. The van der Waals surface area contributed by atoms with Crippen molar-refractivity contribution < 1.29 is 71.7 Å². The van der Waals surface area contributed by atoms with Crippen LogP contribution in [0.5, 0.6) is 0 Å². The lowest BCUT2D eigenvalue weighted by Crippen LogP contribution is -2.54. The third-order valence-corrected chi connectivity index (χ3v) is 21.1. The lowest BCUT2D eigenvalue weighted by atomic mass is 9.83. The summed E-state index contributed by atoms with van der Waals surface area (Å²) in [4.78, 5) is 160. The van der Waals surface area contributed by atoms with Crippen molar-refractivity contribution in [2.24, 2.45) is 47.2 Å². The number of carbonyl (C=O) groups excluding carboxylic acids is 11. The van der Waals surface area contributed by atoms with E-state index < -0.39 is 72.2 Å². The van der Waals surface area contributed by atoms with Gasteiger partial charge in [0.05, 0.1) is 47.8 Å². The summed E-state index contributed by atoms with van der Waals surface area (Å²) in [5, 5.41) is 11.1. The number of benzene rings is 3. The van der Waals surface area contributed by atoms with Gasteiger partial charge in [0, 0.05) is 126 Å². The van der Waals surface area contributed by atoms with E-state index in [9.17, 15) is 52.7 Å². The van der Waals surface area contributed by atoms with Gasteiger partial charge in [0.1, 0.15) is 12.4 Å². The van der Waals surface area contributed by atoms with Crippen LogP contribution in [0, 0.1) is 41.4 Å². The van der Waals surface area contributed by atoms with Gasteiger partial charge in [-0.3, -0.25) is 43.2 Å². The van der Waals surface area contributed by atoms with Gasteiger partial charge in [-0.05, 0) is 91.9 Å². The van der Waals surface area contributed by atoms with Gasteiger partial charge in [0.2, 0.25) is 23.6 Å². The first-order valence-corrected chi connectivity index (χ1v) is 37.0. The van der Waals surface area contributed by atoms with Crippen LogP contribution in [0.25, 0.3) is 0 Å². The molecule has 1 aliphatic heterocycles. The predicted molar refractivity (Wildman–Crippen MR) is 390 cm³/mol. The Morgan fingerprint density at radius 3 is 1.98 bits per heavy atom. The third kappa shape index (κ3) is 23.2. The van der Waals surface area contributed by atoms with Crippen LogP contribution < -0.4 is 21.7 Å². The van der Waals surface area contributed by atoms with Gasteiger partial charge in [-0.1, -0.05) is 142 Å². The highest BCUT2D eigenvalue weighted by atomic mass is 32.1. The van der Waals surface area contributed by atoms with E-state index in [0.29, 0.717) is 73.9 Å². The van der Waals surface area contributed by atoms with Crippen molar-refractivity contribution >= 4 is 81.7 Å². The van der Waals surface area contributed by atoms with Crippen LogP contribution in [0.4, 0.5) is 15.3 Å². The fraction of sp³-hybridized carbons (Fsp3) is 0.590. The van der Waals surface area contributed by atoms with Crippen molar-refractivity contribution in [1.82, 2.24) is 30.3 Å². The number of nitrogens with two attached hydrogens (primary N) is 1. The number of rotatable bonds is 43. The van der Waals surface area contributed by atoms with E-state index in [0.717, 1.165) is 17.0 Å². The summed E-state index contributed by atoms with van der Waals surface area (Å²) in [5.41, 5.74) is 8.05. The molecule has 0 saturated carbocycles. The van der Waals surface area contributed by atoms with Crippen LogP contribution in [0.1, 0.15) is 189 Å². The topological polar surface area (TPSA) is 309 Å². The minimum absolute atomic E-state index is 0.0349. The lowest BCUT2D eigenvalue weighted by molar-refractivity contribution is -0.149. The van der Waals surface area contributed by atoms with Crippen molar-refractivity contribution in [3.63, 3.8) is 0 Å². The molecule has 1 unspecified atom stereocenters. The zero-order valence-electron chi connectivity index (χ0n) is 61.9. The Morgan fingerprint density at radius 2 is 1.39 bits per heavy atom. The SMILES string of the molecule is CC[C@H](C)[C@@H]([C@@H](CC(=O)N1CCC[C@H]1C(OC)[C@@H](C)C(=O)C[C@@H](Cc1ccccc1)c1nccs1)OC)N(C)C(=O)[C@@H](CC(=O)[C@H](C(C)C)N(C)C(=O)OCc1ccc(NC(=O)[C@H](CCCNC(N)=O)CC(=O)[C@@H](NC(=O)CCCCCOC2C(=O)c3ccccc3C2=O)C(C)C)cc1)C(C)C. The van der Waals surface area contributed by atoms with Crippen molar-refractivity contribution in [2.75, 3.05) is 53.3 Å². The fourth-order valence-corrected chi connectivity index (χ4v) is 15.0. The second-order valence-electron chi connectivity index (χ2n) is 28.5. The molecule has 24 heteroatoms. The number of methoxy groups -OCH3 is 2. The molecule has 7 amide bonds. The van der Waals surface area contributed by atoms with E-state index in [-0.39, 0.29) is 141 Å². The molecule has 2 heterocycles. The number of ether oxygens (including phenoxy) is 4. The molecule has 102 heavy (non-hydrogen) atoms. The third-order valence-electron chi connectivity index (χ3n) is 20.2. The Balaban J connectivity index is 1.02. The lowest BCUT2D eigenvalue weighted by Gasteiger charge is -2.41. The molecule has 0 bridgehead atoms. The van der Waals surface area contributed by atoms with E-state index >= 15 is 0 Å². The number of unbranched alkanes of at least 4 members (excludes halogenated alkanes) is 2. The molecule has 5 N–H and O–H groups in total. The van der Waals surface area contributed by atoms with E-state index in [4.69, 9.17) is 24.7 Å². The monoisotopic (exact) mass is 1430 g/mol. The fourth-order valence-electron chi connectivity index (χ4n) is 14.2. The number of hydrogen-bond donors (Lipinski definition) is 4. The number of carbonyl (C=O) groups is 11. The summed E-state index contributed by atoms with van der Waals surface area (Å²) in [6.45, 7) is 17.5. The average Bonchev–Trinajstić information content (AvgIpc) is 1.59. The van der Waals surface area contributed by atoms with Crippen molar-refractivity contribution in [3.8, 4) is 0 Å². The summed E-state index contributed by atoms with van der Waals surface area (Å²) >= 11 is 1.54. The van der Waals surface area contributed by atoms with E-state index in [1.807, 2.05) is 76.9 Å². The van der Waals surface area contributed by atoms with Gasteiger partial charge >= 0.3 is 12.1 Å². The maximum Gasteiger partial charge on any atom is 0.410 e. The van der Waals surface area contributed by atoms with Gasteiger partial charge in [-0.15, -0.1) is 11.3 Å². The Hall–Kier alpha value is -8.06. The number of likely N-dealkylation sites (N-methyl/N-ethyl adjacent to an activating group) is 2. The van der Waals surface area contributed by atoms with Gasteiger partial charge < -0.3 is 55.3 Å². The Labute approximate surface area is 606 Å². The molecule has 11 atom stereocenters. The molecule has 558 valence electrons. The summed E-state index contributed by atoms with van der Waals surface area (Å²) < 4.78 is 23.7. The number of aromatic nitrogens is 1. The first kappa shape index (κ1) is 82.9. The van der Waals surface area contributed by atoms with Crippen LogP contribution in [-0.2, 0) is 65.5 Å². The van der Waals surface area contributed by atoms with E-state index in [1.54, 1.807) is 87.6 Å². The van der Waals surface area contributed by atoms with Gasteiger partial charge in [-0.2, -0.15) is 0 Å². The molecule has 1 fully saturated rings. The average molecular weight is 1430 g/mol. The molecule has 0 radical (unpaired) electrons. The largest absolute Gasteiger partial charge is 0.445 e. The minimum Gasteiger partial charge on any atom is -0.445 e. The number of hydrogen-bond acceptors (Lipinski definition) is 17. The number of nitrogens with one attached hydrogen (secondary N) is 3. The Bertz CT molecular complexity index is 3400. The minimum atomic E-state index is -1.17. The zero-order valence-corrected chi connectivity index (χ0v) is 62.8. The highest BCUT2D eigenvalue weighted by Crippen LogP contribution is 2.35. The normalized spacial score (nSPS) is 16.8. The molecule has 1 aliphatic carbocycles. The molecule has 2 aliphatic rings. The molecule has 6 rings (SSSR count). The summed E-state index contributed by atoms with van der Waals surface area (Å²) in [6, 6.07) is 19.7. The Kier molecular flexibility index (Phi) is 33.1. The zero-order chi connectivity index (χ0) is 74.9. The predicted octanol–water partition coefficient (Wildman–Crippen LogP) is 11.0. The van der Waals surface area contributed by atoms with Gasteiger partial charge in [0.25, 0.3) is 0 Å². The number of urea groups is 1.